The maximum Gasteiger partial charge on any atom is -0.0231 e. The van der Waals surface area contributed by atoms with Gasteiger partial charge in [0.1, 0.15) is 0 Å². The van der Waals surface area contributed by atoms with E-state index < -0.39 is 0 Å². The van der Waals surface area contributed by atoms with Crippen LogP contribution in [-0.4, -0.2) is 0 Å². The number of allylic oxidation sites excluding steroid dienone is 2. The molecule has 0 aromatic carbocycles. The fraction of sp³-hybridized carbons (Fsp3) is 0.857. The smallest absolute Gasteiger partial charge is 0.0231 e. The van der Waals surface area contributed by atoms with E-state index in [0.717, 1.165) is 5.92 Å². The molecule has 0 unspecified atom stereocenters. The lowest BCUT2D eigenvalue weighted by Crippen LogP contribution is -2.04. The van der Waals surface area contributed by atoms with Crippen molar-refractivity contribution in [1.82, 2.24) is 0 Å². The maximum atomic E-state index is 2.62. The molecule has 82 valence electrons. The molecule has 0 atom stereocenters. The van der Waals surface area contributed by atoms with Crippen molar-refractivity contribution < 1.29 is 0 Å². The average molecular weight is 194 g/mol. The summed E-state index contributed by atoms with van der Waals surface area (Å²) in [5.41, 5.74) is 1.74. The van der Waals surface area contributed by atoms with E-state index in [2.05, 4.69) is 19.9 Å². The molecule has 0 aromatic rings. The van der Waals surface area contributed by atoms with E-state index in [0.29, 0.717) is 0 Å². The Morgan fingerprint density at radius 2 is 1.57 bits per heavy atom. The first-order chi connectivity index (χ1) is 6.86. The van der Waals surface area contributed by atoms with Crippen molar-refractivity contribution in [1.29, 1.82) is 0 Å². The molecule has 0 heteroatoms. The summed E-state index contributed by atoms with van der Waals surface area (Å²) in [6, 6.07) is 0. The van der Waals surface area contributed by atoms with Crippen LogP contribution in [0.15, 0.2) is 11.6 Å². The highest BCUT2D eigenvalue weighted by Crippen LogP contribution is 2.27. The molecule has 1 rings (SSSR count). The summed E-state index contributed by atoms with van der Waals surface area (Å²) in [7, 11) is 0. The molecule has 0 amide bonds. The minimum absolute atomic E-state index is 0.928. The Morgan fingerprint density at radius 1 is 1.00 bits per heavy atom. The van der Waals surface area contributed by atoms with Gasteiger partial charge in [-0.2, -0.15) is 0 Å². The summed E-state index contributed by atoms with van der Waals surface area (Å²) >= 11 is 0. The molecule has 1 aliphatic carbocycles. The molecule has 0 radical (unpaired) electrons. The minimum atomic E-state index is 0.928. The first-order valence-electron chi connectivity index (χ1n) is 6.56. The van der Waals surface area contributed by atoms with Gasteiger partial charge in [0, 0.05) is 0 Å². The van der Waals surface area contributed by atoms with Gasteiger partial charge in [-0.25, -0.2) is 0 Å². The zero-order valence-electron chi connectivity index (χ0n) is 10.0. The van der Waals surface area contributed by atoms with Crippen molar-refractivity contribution in [3.05, 3.63) is 11.6 Å². The first kappa shape index (κ1) is 11.8. The van der Waals surface area contributed by atoms with E-state index in [1.165, 1.54) is 57.8 Å². The lowest BCUT2D eigenvalue weighted by atomic mass is 9.86. The predicted molar refractivity (Wildman–Crippen MR) is 64.5 cm³/mol. The third-order valence-electron chi connectivity index (χ3n) is 3.26. The van der Waals surface area contributed by atoms with Crippen molar-refractivity contribution in [3.63, 3.8) is 0 Å². The Hall–Kier alpha value is -0.260. The van der Waals surface area contributed by atoms with Gasteiger partial charge in [0.25, 0.3) is 0 Å². The van der Waals surface area contributed by atoms with Gasteiger partial charge < -0.3 is 0 Å². The second kappa shape index (κ2) is 7.09. The van der Waals surface area contributed by atoms with Crippen LogP contribution in [0.5, 0.6) is 0 Å². The zero-order valence-corrected chi connectivity index (χ0v) is 10.0. The van der Waals surface area contributed by atoms with Gasteiger partial charge in [-0.05, 0) is 31.6 Å². The van der Waals surface area contributed by atoms with Crippen molar-refractivity contribution in [3.8, 4) is 0 Å². The fourth-order valence-electron chi connectivity index (χ4n) is 2.57. The van der Waals surface area contributed by atoms with Gasteiger partial charge >= 0.3 is 0 Å². The highest BCUT2D eigenvalue weighted by atomic mass is 14.2. The van der Waals surface area contributed by atoms with Crippen LogP contribution in [0.2, 0.25) is 0 Å². The molecule has 0 heterocycles. The fourth-order valence-corrected chi connectivity index (χ4v) is 2.57. The van der Waals surface area contributed by atoms with E-state index in [1.54, 1.807) is 5.57 Å². The van der Waals surface area contributed by atoms with Crippen molar-refractivity contribution in [2.24, 2.45) is 5.92 Å². The van der Waals surface area contributed by atoms with E-state index in [9.17, 15) is 0 Å². The van der Waals surface area contributed by atoms with Gasteiger partial charge in [-0.1, -0.05) is 57.6 Å². The second-order valence-corrected chi connectivity index (χ2v) is 4.72. The standard InChI is InChI=1S/C14H26/c1-3-8-13(9-4-2)12-14-10-6-5-7-11-14/h12,14H,3-11H2,1-2H3. The highest BCUT2D eigenvalue weighted by Gasteiger charge is 2.11. The van der Waals surface area contributed by atoms with Crippen LogP contribution in [-0.2, 0) is 0 Å². The van der Waals surface area contributed by atoms with Crippen molar-refractivity contribution in [2.45, 2.75) is 71.6 Å². The lowest BCUT2D eigenvalue weighted by Gasteiger charge is -2.19. The summed E-state index contributed by atoms with van der Waals surface area (Å²) in [5.74, 6) is 0.928. The number of hydrogen-bond donors (Lipinski definition) is 0. The topological polar surface area (TPSA) is 0 Å². The van der Waals surface area contributed by atoms with E-state index in [1.807, 2.05) is 0 Å². The van der Waals surface area contributed by atoms with E-state index in [-0.39, 0.29) is 0 Å². The Balaban J connectivity index is 2.41. The SMILES string of the molecule is CCCC(=CC1CCCCC1)CCC. The molecular formula is C14H26. The van der Waals surface area contributed by atoms with Crippen LogP contribution in [0.4, 0.5) is 0 Å². The van der Waals surface area contributed by atoms with Crippen LogP contribution in [0.3, 0.4) is 0 Å². The van der Waals surface area contributed by atoms with Crippen LogP contribution in [0.25, 0.3) is 0 Å². The Labute approximate surface area is 89.8 Å². The average Bonchev–Trinajstić information content (AvgIpc) is 2.20. The second-order valence-electron chi connectivity index (χ2n) is 4.72. The number of rotatable bonds is 5. The summed E-state index contributed by atoms with van der Waals surface area (Å²) in [4.78, 5) is 0. The summed E-state index contributed by atoms with van der Waals surface area (Å²) in [5, 5.41) is 0. The summed E-state index contributed by atoms with van der Waals surface area (Å²) in [6.07, 6.45) is 15.2. The lowest BCUT2D eigenvalue weighted by molar-refractivity contribution is 0.416. The molecule has 14 heavy (non-hydrogen) atoms. The van der Waals surface area contributed by atoms with E-state index >= 15 is 0 Å². The maximum absolute atomic E-state index is 2.62. The van der Waals surface area contributed by atoms with Gasteiger partial charge in [0.2, 0.25) is 0 Å². The zero-order chi connectivity index (χ0) is 10.2. The Bertz CT molecular complexity index is 153. The Kier molecular flexibility index (Phi) is 5.98. The molecule has 0 aliphatic heterocycles. The van der Waals surface area contributed by atoms with Gasteiger partial charge in [0.15, 0.2) is 0 Å². The number of hydrogen-bond acceptors (Lipinski definition) is 0. The molecule has 1 fully saturated rings. The molecule has 0 saturated heterocycles. The molecule has 1 aliphatic rings. The van der Waals surface area contributed by atoms with Crippen molar-refractivity contribution in [2.75, 3.05) is 0 Å². The summed E-state index contributed by atoms with van der Waals surface area (Å²) < 4.78 is 0. The van der Waals surface area contributed by atoms with Crippen LogP contribution in [0.1, 0.15) is 71.6 Å². The first-order valence-corrected chi connectivity index (χ1v) is 6.56. The van der Waals surface area contributed by atoms with Crippen LogP contribution >= 0.6 is 0 Å². The largest absolute Gasteiger partial charge is 0.0822 e. The van der Waals surface area contributed by atoms with Gasteiger partial charge in [-0.3, -0.25) is 0 Å². The van der Waals surface area contributed by atoms with Gasteiger partial charge in [0.05, 0.1) is 0 Å². The monoisotopic (exact) mass is 194 g/mol. The quantitative estimate of drug-likeness (QED) is 0.534. The van der Waals surface area contributed by atoms with E-state index in [4.69, 9.17) is 0 Å². The van der Waals surface area contributed by atoms with Crippen LogP contribution in [0, 0.1) is 5.92 Å². The van der Waals surface area contributed by atoms with Gasteiger partial charge in [-0.15, -0.1) is 0 Å². The Morgan fingerprint density at radius 3 is 2.07 bits per heavy atom. The molecule has 0 N–H and O–H groups in total. The third kappa shape index (κ3) is 4.30. The van der Waals surface area contributed by atoms with Crippen LogP contribution < -0.4 is 0 Å². The third-order valence-corrected chi connectivity index (χ3v) is 3.26. The normalized spacial score (nSPS) is 18.1. The van der Waals surface area contributed by atoms with Crippen molar-refractivity contribution >= 4 is 0 Å². The molecule has 0 nitrogen and oxygen atoms in total. The molecule has 0 bridgehead atoms. The minimum Gasteiger partial charge on any atom is -0.0822 e. The summed E-state index contributed by atoms with van der Waals surface area (Å²) in [6.45, 7) is 4.59. The predicted octanol–water partition coefficient (Wildman–Crippen LogP) is 5.09. The molecule has 1 saturated carbocycles. The molecule has 0 spiro atoms. The molecular weight excluding hydrogens is 168 g/mol. The highest BCUT2D eigenvalue weighted by molar-refractivity contribution is 5.04. The molecule has 0 aromatic heterocycles.